The number of hydrogen-bond acceptors (Lipinski definition) is 5. The van der Waals surface area contributed by atoms with Crippen molar-refractivity contribution in [3.63, 3.8) is 0 Å². The highest BCUT2D eigenvalue weighted by atomic mass is 35.5. The predicted octanol–water partition coefficient (Wildman–Crippen LogP) is 6.76. The first-order valence-electron chi connectivity index (χ1n) is 10.5. The summed E-state index contributed by atoms with van der Waals surface area (Å²) in [5, 5.41) is 11.8. The number of fused-ring (bicyclic) bond motifs is 1. The first-order valence-corrected chi connectivity index (χ1v) is 12.3. The van der Waals surface area contributed by atoms with Crippen molar-refractivity contribution in [2.75, 3.05) is 26.1 Å². The lowest BCUT2D eigenvalue weighted by atomic mass is 10.0. The fourth-order valence-electron chi connectivity index (χ4n) is 3.58. The first-order chi connectivity index (χ1) is 16.0. The highest BCUT2D eigenvalue weighted by molar-refractivity contribution is 7.99. The van der Waals surface area contributed by atoms with Gasteiger partial charge >= 0.3 is 0 Å². The van der Waals surface area contributed by atoms with Crippen molar-refractivity contribution >= 4 is 46.0 Å². The number of nitrogens with zero attached hydrogens (tertiary/aromatic N) is 1. The standard InChI is InChI=1S/C25H24Cl2N2O3S/c1-3-33-16-10-8-15(9-11-16)24(30)25-28-19-14-18(26)21(22(27)23(19)29-25)17-6-4-5-7-20(17)32-13-12-31-2/h4-11,14,24,30H,3,12-13H2,1-2H3,(H,28,29). The Balaban J connectivity index is 1.71. The van der Waals surface area contributed by atoms with Crippen LogP contribution in [0.15, 0.2) is 59.5 Å². The van der Waals surface area contributed by atoms with Crippen LogP contribution in [-0.2, 0) is 4.74 Å². The lowest BCUT2D eigenvalue weighted by Crippen LogP contribution is -2.05. The van der Waals surface area contributed by atoms with Crippen LogP contribution in [0, 0.1) is 0 Å². The first kappa shape index (κ1) is 23.9. The minimum atomic E-state index is -0.916. The monoisotopic (exact) mass is 502 g/mol. The Bertz CT molecular complexity index is 1240. The summed E-state index contributed by atoms with van der Waals surface area (Å²) >= 11 is 15.2. The second kappa shape index (κ2) is 10.8. The van der Waals surface area contributed by atoms with Gasteiger partial charge in [-0.3, -0.25) is 0 Å². The van der Waals surface area contributed by atoms with Crippen LogP contribution in [-0.4, -0.2) is 41.2 Å². The molecular formula is C25H24Cl2N2O3S. The average Bonchev–Trinajstić information content (AvgIpc) is 3.25. The third-order valence-corrected chi connectivity index (χ3v) is 6.71. The number of benzene rings is 3. The fraction of sp³-hybridized carbons (Fsp3) is 0.240. The van der Waals surface area contributed by atoms with Gasteiger partial charge in [0.15, 0.2) is 0 Å². The van der Waals surface area contributed by atoms with Gasteiger partial charge in [-0.15, -0.1) is 11.8 Å². The normalized spacial score (nSPS) is 12.3. The Hall–Kier alpha value is -2.22. The van der Waals surface area contributed by atoms with E-state index in [0.29, 0.717) is 51.4 Å². The van der Waals surface area contributed by atoms with Gasteiger partial charge in [-0.05, 0) is 35.6 Å². The van der Waals surface area contributed by atoms with Crippen molar-refractivity contribution < 1.29 is 14.6 Å². The lowest BCUT2D eigenvalue weighted by Gasteiger charge is -2.14. The molecule has 1 atom stereocenters. The van der Waals surface area contributed by atoms with Gasteiger partial charge in [0.2, 0.25) is 0 Å². The maximum atomic E-state index is 10.9. The second-order valence-corrected chi connectivity index (χ2v) is 9.43. The number of hydrogen-bond donors (Lipinski definition) is 2. The Morgan fingerprint density at radius 2 is 1.85 bits per heavy atom. The molecule has 33 heavy (non-hydrogen) atoms. The summed E-state index contributed by atoms with van der Waals surface area (Å²) in [4.78, 5) is 8.94. The number of nitrogens with one attached hydrogen (secondary N) is 1. The SMILES string of the molecule is CCSc1ccc(C(O)c2nc3c(Cl)c(-c4ccccc4OCCOC)c(Cl)cc3[nH]2)cc1. The van der Waals surface area contributed by atoms with Crippen LogP contribution in [0.2, 0.25) is 10.0 Å². The Kier molecular flexibility index (Phi) is 7.83. The summed E-state index contributed by atoms with van der Waals surface area (Å²) in [6.45, 7) is 2.97. The number of aliphatic hydroxyl groups excluding tert-OH is 1. The molecule has 0 bridgehead atoms. The molecule has 2 N–H and O–H groups in total. The molecule has 0 aliphatic carbocycles. The summed E-state index contributed by atoms with van der Waals surface area (Å²) < 4.78 is 10.9. The van der Waals surface area contributed by atoms with E-state index in [1.54, 1.807) is 24.9 Å². The highest BCUT2D eigenvalue weighted by Crippen LogP contribution is 2.43. The number of para-hydroxylation sites is 1. The third-order valence-electron chi connectivity index (χ3n) is 5.15. The van der Waals surface area contributed by atoms with E-state index in [-0.39, 0.29) is 0 Å². The maximum absolute atomic E-state index is 10.9. The van der Waals surface area contributed by atoms with E-state index in [1.807, 2.05) is 48.5 Å². The van der Waals surface area contributed by atoms with Crippen LogP contribution in [0.25, 0.3) is 22.2 Å². The Morgan fingerprint density at radius 3 is 2.58 bits per heavy atom. The number of ether oxygens (including phenoxy) is 2. The molecular weight excluding hydrogens is 479 g/mol. The molecule has 1 unspecified atom stereocenters. The molecule has 0 saturated heterocycles. The number of H-pyrrole nitrogens is 1. The summed E-state index contributed by atoms with van der Waals surface area (Å²) in [7, 11) is 1.62. The summed E-state index contributed by atoms with van der Waals surface area (Å²) in [5.41, 5.74) is 3.33. The van der Waals surface area contributed by atoms with Crippen LogP contribution < -0.4 is 4.74 Å². The van der Waals surface area contributed by atoms with Gasteiger partial charge in [-0.2, -0.15) is 0 Å². The number of aliphatic hydroxyl groups is 1. The van der Waals surface area contributed by atoms with Gasteiger partial charge in [0.25, 0.3) is 0 Å². The van der Waals surface area contributed by atoms with E-state index in [4.69, 9.17) is 32.7 Å². The van der Waals surface area contributed by atoms with E-state index in [2.05, 4.69) is 16.9 Å². The van der Waals surface area contributed by atoms with Crippen molar-refractivity contribution in [2.24, 2.45) is 0 Å². The number of aromatic amines is 1. The molecule has 0 amide bonds. The molecule has 1 heterocycles. The zero-order valence-corrected chi connectivity index (χ0v) is 20.6. The van der Waals surface area contributed by atoms with Crippen molar-refractivity contribution in [3.8, 4) is 16.9 Å². The minimum Gasteiger partial charge on any atom is -0.491 e. The topological polar surface area (TPSA) is 67.4 Å². The molecule has 0 spiro atoms. The quantitative estimate of drug-likeness (QED) is 0.195. The van der Waals surface area contributed by atoms with Crippen LogP contribution in [0.4, 0.5) is 0 Å². The molecule has 1 aromatic heterocycles. The van der Waals surface area contributed by atoms with E-state index in [9.17, 15) is 5.11 Å². The zero-order valence-electron chi connectivity index (χ0n) is 18.3. The van der Waals surface area contributed by atoms with E-state index >= 15 is 0 Å². The Morgan fingerprint density at radius 1 is 1.09 bits per heavy atom. The van der Waals surface area contributed by atoms with Crippen LogP contribution in [0.3, 0.4) is 0 Å². The highest BCUT2D eigenvalue weighted by Gasteiger charge is 2.21. The largest absolute Gasteiger partial charge is 0.491 e. The molecule has 5 nitrogen and oxygen atoms in total. The third kappa shape index (κ3) is 5.15. The number of halogens is 2. The zero-order chi connectivity index (χ0) is 23.4. The molecule has 8 heteroatoms. The van der Waals surface area contributed by atoms with Gasteiger partial charge in [-0.25, -0.2) is 4.98 Å². The summed E-state index contributed by atoms with van der Waals surface area (Å²) in [6, 6.07) is 17.1. The van der Waals surface area contributed by atoms with E-state index in [1.165, 1.54) is 0 Å². The summed E-state index contributed by atoms with van der Waals surface area (Å²) in [5.74, 6) is 2.05. The molecule has 0 saturated carbocycles. The number of imidazole rings is 1. The predicted molar refractivity (Wildman–Crippen MR) is 136 cm³/mol. The van der Waals surface area contributed by atoms with Gasteiger partial charge in [0.1, 0.15) is 29.8 Å². The van der Waals surface area contributed by atoms with Gasteiger partial charge < -0.3 is 19.6 Å². The maximum Gasteiger partial charge on any atom is 0.140 e. The number of rotatable bonds is 9. The minimum absolute atomic E-state index is 0.393. The van der Waals surface area contributed by atoms with Crippen molar-refractivity contribution in [1.82, 2.24) is 9.97 Å². The average molecular weight is 503 g/mol. The molecule has 0 aliphatic rings. The Labute approximate surface area is 207 Å². The van der Waals surface area contributed by atoms with Crippen molar-refractivity contribution in [1.29, 1.82) is 0 Å². The molecule has 4 aromatic rings. The number of methoxy groups -OCH3 is 1. The van der Waals surface area contributed by atoms with Crippen molar-refractivity contribution in [2.45, 2.75) is 17.9 Å². The van der Waals surface area contributed by atoms with Gasteiger partial charge in [0.05, 0.1) is 22.2 Å². The number of aromatic nitrogens is 2. The van der Waals surface area contributed by atoms with Crippen LogP contribution in [0.1, 0.15) is 24.4 Å². The smallest absolute Gasteiger partial charge is 0.140 e. The molecule has 0 aliphatic heterocycles. The molecule has 172 valence electrons. The van der Waals surface area contributed by atoms with Crippen LogP contribution >= 0.6 is 35.0 Å². The van der Waals surface area contributed by atoms with Crippen LogP contribution in [0.5, 0.6) is 5.75 Å². The van der Waals surface area contributed by atoms with Gasteiger partial charge in [0, 0.05) is 23.1 Å². The van der Waals surface area contributed by atoms with E-state index < -0.39 is 6.10 Å². The van der Waals surface area contributed by atoms with Gasteiger partial charge in [-0.1, -0.05) is 60.5 Å². The van der Waals surface area contributed by atoms with E-state index in [0.717, 1.165) is 21.8 Å². The molecule has 0 fully saturated rings. The number of thioether (sulfide) groups is 1. The molecule has 3 aromatic carbocycles. The summed E-state index contributed by atoms with van der Waals surface area (Å²) in [6.07, 6.45) is -0.916. The molecule has 0 radical (unpaired) electrons. The second-order valence-electron chi connectivity index (χ2n) is 7.31. The lowest BCUT2D eigenvalue weighted by molar-refractivity contribution is 0.146. The fourth-order valence-corrected chi connectivity index (χ4v) is 4.94. The van der Waals surface area contributed by atoms with Crippen molar-refractivity contribution in [3.05, 3.63) is 76.0 Å². The molecule has 4 rings (SSSR count).